The van der Waals surface area contributed by atoms with E-state index in [0.29, 0.717) is 30.1 Å². The average molecular weight is 387 g/mol. The van der Waals surface area contributed by atoms with Crippen molar-refractivity contribution in [1.29, 1.82) is 0 Å². The van der Waals surface area contributed by atoms with Crippen molar-refractivity contribution >= 4 is 17.4 Å². The molecule has 0 bridgehead atoms. The molecule has 0 fully saturated rings. The van der Waals surface area contributed by atoms with Gasteiger partial charge in [-0.3, -0.25) is 0 Å². The van der Waals surface area contributed by atoms with Gasteiger partial charge in [-0.25, -0.2) is 18.7 Å². The molecule has 0 spiro atoms. The minimum Gasteiger partial charge on any atom is -0.490 e. The molecule has 0 radical (unpaired) electrons. The van der Waals surface area contributed by atoms with Gasteiger partial charge in [0.2, 0.25) is 0 Å². The number of carboxylic acids is 1. The summed E-state index contributed by atoms with van der Waals surface area (Å²) in [5.74, 6) is -0.496. The molecule has 0 aliphatic heterocycles. The third-order valence-corrected chi connectivity index (χ3v) is 4.30. The van der Waals surface area contributed by atoms with Crippen molar-refractivity contribution in [1.82, 2.24) is 14.6 Å². The summed E-state index contributed by atoms with van der Waals surface area (Å²) in [4.78, 5) is 15.6. The maximum Gasteiger partial charge on any atom is 0.341 e. The minimum absolute atomic E-state index is 0.00157. The minimum atomic E-state index is -1.11. The molecule has 2 aromatic heterocycles. The van der Waals surface area contributed by atoms with Crippen LogP contribution in [-0.2, 0) is 0 Å². The highest BCUT2D eigenvalue weighted by molar-refractivity contribution is 5.94. The van der Waals surface area contributed by atoms with Crippen LogP contribution in [-0.4, -0.2) is 38.3 Å². The zero-order valence-electron chi connectivity index (χ0n) is 15.6. The largest absolute Gasteiger partial charge is 0.490 e. The summed E-state index contributed by atoms with van der Waals surface area (Å²) in [5.41, 5.74) is 6.41. The molecule has 1 aromatic carbocycles. The lowest BCUT2D eigenvalue weighted by Gasteiger charge is -2.21. The molecule has 0 saturated carbocycles. The maximum atomic E-state index is 13.8. The molecular weight excluding hydrogens is 365 g/mol. The highest BCUT2D eigenvalue weighted by Crippen LogP contribution is 2.29. The van der Waals surface area contributed by atoms with Gasteiger partial charge in [0.15, 0.2) is 5.65 Å². The number of nitrogens with two attached hydrogens (primary N) is 1. The van der Waals surface area contributed by atoms with Crippen LogP contribution in [0, 0.1) is 5.82 Å². The van der Waals surface area contributed by atoms with E-state index >= 15 is 0 Å². The molecule has 2 heterocycles. The number of ether oxygens (including phenoxy) is 1. The lowest BCUT2D eigenvalue weighted by Crippen LogP contribution is -2.19. The smallest absolute Gasteiger partial charge is 0.341 e. The Bertz CT molecular complexity index is 991. The lowest BCUT2D eigenvalue weighted by molar-refractivity contribution is 0.0698. The number of halogens is 1. The molecule has 0 aliphatic carbocycles. The summed E-state index contributed by atoms with van der Waals surface area (Å²) in [5, 5.41) is 16.4. The number of nitrogens with zero attached hydrogens (tertiary/aromatic N) is 3. The molecule has 0 saturated heterocycles. The van der Waals surface area contributed by atoms with E-state index in [-0.39, 0.29) is 29.2 Å². The van der Waals surface area contributed by atoms with Crippen molar-refractivity contribution < 1.29 is 19.0 Å². The Morgan fingerprint density at radius 3 is 2.89 bits per heavy atom. The Morgan fingerprint density at radius 2 is 2.18 bits per heavy atom. The van der Waals surface area contributed by atoms with Gasteiger partial charge in [-0.1, -0.05) is 0 Å². The van der Waals surface area contributed by atoms with E-state index < -0.39 is 5.97 Å². The maximum absolute atomic E-state index is 13.8. The zero-order valence-corrected chi connectivity index (χ0v) is 15.6. The highest BCUT2D eigenvalue weighted by Gasteiger charge is 2.17. The van der Waals surface area contributed by atoms with Crippen LogP contribution >= 0.6 is 0 Å². The normalized spacial score (nSPS) is 13.3. The molecule has 0 amide bonds. The van der Waals surface area contributed by atoms with E-state index in [0.717, 1.165) is 0 Å². The average Bonchev–Trinajstić information content (AvgIpc) is 3.07. The Balaban J connectivity index is 1.87. The van der Waals surface area contributed by atoms with Crippen LogP contribution < -0.4 is 15.8 Å². The fraction of sp³-hybridized carbons (Fsp3) is 0.316. The highest BCUT2D eigenvalue weighted by atomic mass is 19.1. The van der Waals surface area contributed by atoms with Crippen LogP contribution in [0.2, 0.25) is 0 Å². The van der Waals surface area contributed by atoms with Gasteiger partial charge >= 0.3 is 5.97 Å². The number of carboxylic acid groups (broad SMARTS) is 1. The molecule has 0 aliphatic rings. The number of aromatic nitrogens is 3. The lowest BCUT2D eigenvalue weighted by atomic mass is 10.1. The standard InChI is InChI=1S/C19H22FN5O3/c1-11(5-7-21)28-16-4-3-13(20)9-14(16)12(2)23-17-6-8-25-18(24-17)15(10-22-25)19(26)27/h3-4,6,8-12H,5,7,21H2,1-2H3,(H,23,24)(H,26,27)/t11-,12+/m0/s1. The van der Waals surface area contributed by atoms with Crippen molar-refractivity contribution in [2.75, 3.05) is 11.9 Å². The first-order valence-corrected chi connectivity index (χ1v) is 8.89. The second kappa shape index (κ2) is 8.22. The predicted molar refractivity (Wildman–Crippen MR) is 102 cm³/mol. The molecule has 2 atom stereocenters. The van der Waals surface area contributed by atoms with Gasteiger partial charge in [-0.05, 0) is 51.1 Å². The fourth-order valence-electron chi connectivity index (χ4n) is 2.88. The molecule has 28 heavy (non-hydrogen) atoms. The molecular formula is C19H22FN5O3. The number of hydrogen-bond donors (Lipinski definition) is 3. The molecule has 148 valence electrons. The van der Waals surface area contributed by atoms with Gasteiger partial charge in [0, 0.05) is 11.8 Å². The second-order valence-electron chi connectivity index (χ2n) is 6.50. The monoisotopic (exact) mass is 387 g/mol. The number of carbonyl (C=O) groups is 1. The van der Waals surface area contributed by atoms with E-state index in [9.17, 15) is 14.3 Å². The van der Waals surface area contributed by atoms with Crippen molar-refractivity contribution in [3.63, 3.8) is 0 Å². The summed E-state index contributed by atoms with van der Waals surface area (Å²) in [6, 6.07) is 5.66. The molecule has 3 aromatic rings. The molecule has 3 rings (SSSR count). The number of benzene rings is 1. The summed E-state index contributed by atoms with van der Waals surface area (Å²) < 4.78 is 21.1. The van der Waals surface area contributed by atoms with Crippen LogP contribution in [0.5, 0.6) is 5.75 Å². The summed E-state index contributed by atoms with van der Waals surface area (Å²) in [7, 11) is 0. The van der Waals surface area contributed by atoms with Crippen molar-refractivity contribution in [2.24, 2.45) is 5.73 Å². The van der Waals surface area contributed by atoms with E-state index in [2.05, 4.69) is 15.4 Å². The van der Waals surface area contributed by atoms with E-state index in [1.54, 1.807) is 18.3 Å². The first-order chi connectivity index (χ1) is 13.4. The van der Waals surface area contributed by atoms with Gasteiger partial charge in [0.1, 0.15) is 22.9 Å². The first-order valence-electron chi connectivity index (χ1n) is 8.89. The van der Waals surface area contributed by atoms with Crippen molar-refractivity contribution in [3.05, 3.63) is 53.6 Å². The molecule has 4 N–H and O–H groups in total. The van der Waals surface area contributed by atoms with Crippen LogP contribution in [0.25, 0.3) is 5.65 Å². The van der Waals surface area contributed by atoms with E-state index in [4.69, 9.17) is 10.5 Å². The van der Waals surface area contributed by atoms with E-state index in [1.165, 1.54) is 22.8 Å². The van der Waals surface area contributed by atoms with Gasteiger partial charge in [-0.2, -0.15) is 5.10 Å². The first kappa shape index (κ1) is 19.6. The molecule has 0 unspecified atom stereocenters. The zero-order chi connectivity index (χ0) is 20.3. The number of nitrogens with one attached hydrogen (secondary N) is 1. The van der Waals surface area contributed by atoms with Crippen LogP contribution in [0.1, 0.15) is 42.2 Å². The van der Waals surface area contributed by atoms with Gasteiger partial charge in [0.25, 0.3) is 0 Å². The Kier molecular flexibility index (Phi) is 5.74. The van der Waals surface area contributed by atoms with E-state index in [1.807, 2.05) is 13.8 Å². The fourth-order valence-corrected chi connectivity index (χ4v) is 2.88. The SMILES string of the molecule is C[C@@H](CCN)Oc1ccc(F)cc1[C@@H](C)Nc1ccn2ncc(C(=O)O)c2n1. The topological polar surface area (TPSA) is 115 Å². The third-order valence-electron chi connectivity index (χ3n) is 4.30. The second-order valence-corrected chi connectivity index (χ2v) is 6.50. The quantitative estimate of drug-likeness (QED) is 0.544. The number of fused-ring (bicyclic) bond motifs is 1. The van der Waals surface area contributed by atoms with Crippen molar-refractivity contribution in [3.8, 4) is 5.75 Å². The summed E-state index contributed by atoms with van der Waals surface area (Å²) in [6.07, 6.45) is 3.42. The summed E-state index contributed by atoms with van der Waals surface area (Å²) in [6.45, 7) is 4.24. The molecule has 8 nitrogen and oxygen atoms in total. The number of anilines is 1. The Hall–Kier alpha value is -3.20. The van der Waals surface area contributed by atoms with Gasteiger partial charge in [0.05, 0.1) is 18.3 Å². The Labute approximate surface area is 161 Å². The van der Waals surface area contributed by atoms with Crippen molar-refractivity contribution in [2.45, 2.75) is 32.4 Å². The number of aromatic carboxylic acids is 1. The van der Waals surface area contributed by atoms with Gasteiger partial charge < -0.3 is 20.9 Å². The Morgan fingerprint density at radius 1 is 1.39 bits per heavy atom. The summed E-state index contributed by atoms with van der Waals surface area (Å²) >= 11 is 0. The van der Waals surface area contributed by atoms with Gasteiger partial charge in [-0.15, -0.1) is 0 Å². The number of hydrogen-bond acceptors (Lipinski definition) is 6. The number of rotatable bonds is 8. The van der Waals surface area contributed by atoms with Crippen LogP contribution in [0.15, 0.2) is 36.7 Å². The van der Waals surface area contributed by atoms with Crippen LogP contribution in [0.3, 0.4) is 0 Å². The predicted octanol–water partition coefficient (Wildman–Crippen LogP) is 2.86. The van der Waals surface area contributed by atoms with Crippen LogP contribution in [0.4, 0.5) is 10.2 Å². The third kappa shape index (κ3) is 4.20. The molecule has 9 heteroatoms.